The minimum absolute atomic E-state index is 0.00443. The van der Waals surface area contributed by atoms with Gasteiger partial charge in [0.05, 0.1) is 30.0 Å². The van der Waals surface area contributed by atoms with Crippen LogP contribution in [0.1, 0.15) is 56.2 Å². The molecule has 0 spiro atoms. The number of hydrogen-bond donors (Lipinski definition) is 0. The molecular weight excluding hydrogens is 458 g/mol. The average Bonchev–Trinajstić information content (AvgIpc) is 3.00. The number of pyridine rings is 1. The van der Waals surface area contributed by atoms with E-state index in [1.165, 1.54) is 0 Å². The van der Waals surface area contributed by atoms with Gasteiger partial charge in [0.2, 0.25) is 0 Å². The number of halogens is 1. The third-order valence-corrected chi connectivity index (χ3v) is 6.89. The number of carbonyl (C=O) groups excluding carboxylic acids is 1. The van der Waals surface area contributed by atoms with Crippen molar-refractivity contribution < 1.29 is 14.3 Å². The molecule has 0 bridgehead atoms. The molecule has 1 aromatic carbocycles. The molecule has 1 saturated carbocycles. The van der Waals surface area contributed by atoms with Crippen molar-refractivity contribution in [1.29, 1.82) is 5.26 Å². The molecule has 0 radical (unpaired) electrons. The predicted octanol–water partition coefficient (Wildman–Crippen LogP) is 4.95. The van der Waals surface area contributed by atoms with Gasteiger partial charge in [-0.15, -0.1) is 0 Å². The zero-order chi connectivity index (χ0) is 22.6. The van der Waals surface area contributed by atoms with Crippen LogP contribution in [-0.2, 0) is 6.54 Å². The Morgan fingerprint density at radius 2 is 1.94 bits per heavy atom. The summed E-state index contributed by atoms with van der Waals surface area (Å²) in [6.07, 6.45) is -0.122. The lowest BCUT2D eigenvalue weighted by Crippen LogP contribution is -2.74. The highest BCUT2D eigenvalue weighted by atomic mass is 79.9. The number of amides is 1. The van der Waals surface area contributed by atoms with Crippen LogP contribution >= 0.6 is 15.9 Å². The molecule has 1 aliphatic heterocycles. The van der Waals surface area contributed by atoms with Crippen LogP contribution < -0.4 is 9.47 Å². The zero-order valence-electron chi connectivity index (χ0n) is 18.4. The quantitative estimate of drug-likeness (QED) is 0.562. The molecule has 0 N–H and O–H groups in total. The topological polar surface area (TPSA) is 75.5 Å². The molecule has 0 saturated heterocycles. The summed E-state index contributed by atoms with van der Waals surface area (Å²) in [6.45, 7) is 11.4. The third kappa shape index (κ3) is 3.38. The molecule has 4 rings (SSSR count). The Hall–Kier alpha value is -2.59. The van der Waals surface area contributed by atoms with Gasteiger partial charge in [0, 0.05) is 22.9 Å². The van der Waals surface area contributed by atoms with Gasteiger partial charge in [-0.3, -0.25) is 4.79 Å². The molecule has 0 atom stereocenters. The van der Waals surface area contributed by atoms with Crippen molar-refractivity contribution in [3.05, 3.63) is 51.8 Å². The van der Waals surface area contributed by atoms with Crippen molar-refractivity contribution in [1.82, 2.24) is 9.88 Å². The van der Waals surface area contributed by atoms with Crippen molar-refractivity contribution >= 4 is 21.8 Å². The number of rotatable bonds is 5. The molecule has 2 aromatic rings. The lowest BCUT2D eigenvalue weighted by Gasteiger charge is -2.65. The second kappa shape index (κ2) is 7.52. The van der Waals surface area contributed by atoms with Gasteiger partial charge in [-0.2, -0.15) is 5.26 Å². The summed E-state index contributed by atoms with van der Waals surface area (Å²) in [4.78, 5) is 19.6. The number of hydrogen-bond acceptors (Lipinski definition) is 5. The summed E-state index contributed by atoms with van der Waals surface area (Å²) in [5, 5.41) is 9.30. The largest absolute Gasteiger partial charge is 0.492 e. The Morgan fingerprint density at radius 3 is 2.58 bits per heavy atom. The summed E-state index contributed by atoms with van der Waals surface area (Å²) in [6, 6.07) is 11.1. The van der Waals surface area contributed by atoms with E-state index in [4.69, 9.17) is 9.47 Å². The Balaban J connectivity index is 1.59. The van der Waals surface area contributed by atoms with Gasteiger partial charge >= 0.3 is 0 Å². The second-order valence-electron chi connectivity index (χ2n) is 9.31. The van der Waals surface area contributed by atoms with E-state index in [-0.39, 0.29) is 28.9 Å². The monoisotopic (exact) mass is 483 g/mol. The van der Waals surface area contributed by atoms with E-state index in [0.29, 0.717) is 35.8 Å². The lowest BCUT2D eigenvalue weighted by atomic mass is 9.49. The molecule has 31 heavy (non-hydrogen) atoms. The molecule has 1 aromatic heterocycles. The standard InChI is InChI=1S/C24H26BrN3O3/c1-6-30-18-11-15(8-7-14(18)12-26)31-22-23(2,3)21(24(22,4)5)28-13-17-16(20(28)29)9-10-19(25)27-17/h7-11,21-22H,6,13H2,1-5H3/t21-,22-. The highest BCUT2D eigenvalue weighted by molar-refractivity contribution is 9.10. The molecule has 2 heterocycles. The normalized spacial score (nSPS) is 23.0. The van der Waals surface area contributed by atoms with Crippen LogP contribution in [-0.4, -0.2) is 34.5 Å². The van der Waals surface area contributed by atoms with Crippen LogP contribution in [0.2, 0.25) is 0 Å². The predicted molar refractivity (Wildman–Crippen MR) is 120 cm³/mol. The number of aromatic nitrogens is 1. The van der Waals surface area contributed by atoms with Crippen LogP contribution in [0, 0.1) is 22.2 Å². The van der Waals surface area contributed by atoms with E-state index in [1.54, 1.807) is 18.2 Å². The molecular formula is C24H26BrN3O3. The molecule has 1 amide bonds. The highest BCUT2D eigenvalue weighted by Crippen LogP contribution is 2.59. The maximum absolute atomic E-state index is 13.2. The lowest BCUT2D eigenvalue weighted by molar-refractivity contribution is -0.199. The molecule has 1 aliphatic carbocycles. The maximum Gasteiger partial charge on any atom is 0.256 e. The minimum atomic E-state index is -0.280. The SMILES string of the molecule is CCOc1cc(O[C@H]2C(C)(C)[C@H](N3Cc4nc(Br)ccc4C3=O)C2(C)C)ccc1C#N. The number of benzene rings is 1. The van der Waals surface area contributed by atoms with Crippen LogP contribution in [0.15, 0.2) is 34.9 Å². The fraction of sp³-hybridized carbons (Fsp3) is 0.458. The molecule has 162 valence electrons. The van der Waals surface area contributed by atoms with E-state index in [2.05, 4.69) is 54.7 Å². The smallest absolute Gasteiger partial charge is 0.256 e. The van der Waals surface area contributed by atoms with Crippen LogP contribution in [0.4, 0.5) is 0 Å². The van der Waals surface area contributed by atoms with Crippen molar-refractivity contribution in [2.45, 2.75) is 53.3 Å². The van der Waals surface area contributed by atoms with Gasteiger partial charge in [-0.25, -0.2) is 4.98 Å². The first-order valence-electron chi connectivity index (χ1n) is 10.4. The first-order chi connectivity index (χ1) is 14.6. The maximum atomic E-state index is 13.2. The number of carbonyl (C=O) groups is 1. The summed E-state index contributed by atoms with van der Waals surface area (Å²) in [5.74, 6) is 1.21. The number of nitriles is 1. The summed E-state index contributed by atoms with van der Waals surface area (Å²) in [7, 11) is 0. The van der Waals surface area contributed by atoms with Crippen molar-refractivity contribution in [2.24, 2.45) is 10.8 Å². The van der Waals surface area contributed by atoms with Crippen LogP contribution in [0.3, 0.4) is 0 Å². The van der Waals surface area contributed by atoms with E-state index < -0.39 is 0 Å². The fourth-order valence-electron chi connectivity index (χ4n) is 5.68. The average molecular weight is 484 g/mol. The highest BCUT2D eigenvalue weighted by Gasteiger charge is 2.67. The molecule has 1 fully saturated rings. The van der Waals surface area contributed by atoms with Crippen LogP contribution in [0.25, 0.3) is 0 Å². The number of nitrogens with zero attached hydrogens (tertiary/aromatic N) is 3. The fourth-order valence-corrected chi connectivity index (χ4v) is 6.03. The Labute approximate surface area is 191 Å². The van der Waals surface area contributed by atoms with Crippen molar-refractivity contribution in [2.75, 3.05) is 6.61 Å². The van der Waals surface area contributed by atoms with Crippen molar-refractivity contribution in [3.63, 3.8) is 0 Å². The van der Waals surface area contributed by atoms with Gasteiger partial charge < -0.3 is 14.4 Å². The second-order valence-corrected chi connectivity index (χ2v) is 10.1. The summed E-state index contributed by atoms with van der Waals surface area (Å²) >= 11 is 3.40. The van der Waals surface area contributed by atoms with Gasteiger partial charge in [0.1, 0.15) is 28.3 Å². The molecule has 0 unspecified atom stereocenters. The number of fused-ring (bicyclic) bond motifs is 1. The van der Waals surface area contributed by atoms with Gasteiger partial charge in [-0.05, 0) is 47.1 Å². The third-order valence-electron chi connectivity index (χ3n) is 6.45. The van der Waals surface area contributed by atoms with Crippen molar-refractivity contribution in [3.8, 4) is 17.6 Å². The molecule has 6 nitrogen and oxygen atoms in total. The number of ether oxygens (including phenoxy) is 2. The van der Waals surface area contributed by atoms with Gasteiger partial charge in [-0.1, -0.05) is 27.7 Å². The van der Waals surface area contributed by atoms with E-state index in [9.17, 15) is 10.1 Å². The zero-order valence-corrected chi connectivity index (χ0v) is 20.0. The summed E-state index contributed by atoms with van der Waals surface area (Å²) in [5.41, 5.74) is 1.41. The first kappa shape index (κ1) is 21.6. The molecule has 2 aliphatic rings. The minimum Gasteiger partial charge on any atom is -0.492 e. The van der Waals surface area contributed by atoms with Crippen LogP contribution in [0.5, 0.6) is 11.5 Å². The van der Waals surface area contributed by atoms with E-state index in [0.717, 1.165) is 10.3 Å². The van der Waals surface area contributed by atoms with Gasteiger partial charge in [0.25, 0.3) is 5.91 Å². The first-order valence-corrected chi connectivity index (χ1v) is 11.2. The Kier molecular flexibility index (Phi) is 5.25. The van der Waals surface area contributed by atoms with E-state index >= 15 is 0 Å². The Bertz CT molecular complexity index is 1070. The summed E-state index contributed by atoms with van der Waals surface area (Å²) < 4.78 is 12.8. The Morgan fingerprint density at radius 1 is 1.23 bits per heavy atom. The van der Waals surface area contributed by atoms with E-state index in [1.807, 2.05) is 24.0 Å². The molecule has 7 heteroatoms. The van der Waals surface area contributed by atoms with Gasteiger partial charge in [0.15, 0.2) is 0 Å².